The molecular weight excluding hydrogens is 215 g/mol. The first kappa shape index (κ1) is 11.6. The van der Waals surface area contributed by atoms with Crippen molar-refractivity contribution in [2.75, 3.05) is 0 Å². The van der Waals surface area contributed by atoms with Gasteiger partial charge in [-0.05, 0) is 17.7 Å². The van der Waals surface area contributed by atoms with E-state index in [-0.39, 0.29) is 5.82 Å². The number of hydrazone groups is 1. The molecule has 0 radical (unpaired) electrons. The topological polar surface area (TPSA) is 96.6 Å². The molecule has 84 valence electrons. The van der Waals surface area contributed by atoms with Gasteiger partial charge in [0.15, 0.2) is 0 Å². The highest BCUT2D eigenvalue weighted by molar-refractivity contribution is 5.92. The second-order valence-corrected chi connectivity index (χ2v) is 2.74. The Labute approximate surface area is 90.3 Å². The molecule has 4 N–H and O–H groups in total. The van der Waals surface area contributed by atoms with Crippen LogP contribution >= 0.6 is 0 Å². The Morgan fingerprint density at radius 1 is 1.31 bits per heavy atom. The zero-order valence-electron chi connectivity index (χ0n) is 8.11. The molecule has 0 spiro atoms. The van der Waals surface area contributed by atoms with Crippen molar-refractivity contribution in [3.8, 4) is 0 Å². The average molecular weight is 224 g/mol. The predicted molar refractivity (Wildman–Crippen MR) is 55.2 cm³/mol. The molecule has 1 aromatic rings. The van der Waals surface area contributed by atoms with Crippen LogP contribution in [0.15, 0.2) is 29.4 Å². The van der Waals surface area contributed by atoms with E-state index in [1.807, 2.05) is 5.43 Å². The Balaban J connectivity index is 2.45. The zero-order chi connectivity index (χ0) is 12.0. The van der Waals surface area contributed by atoms with Crippen LogP contribution in [0.4, 0.5) is 14.0 Å². The molecule has 0 unspecified atom stereocenters. The summed E-state index contributed by atoms with van der Waals surface area (Å²) < 4.78 is 12.5. The van der Waals surface area contributed by atoms with E-state index in [2.05, 4.69) is 10.8 Å². The third-order valence-corrected chi connectivity index (χ3v) is 1.49. The van der Waals surface area contributed by atoms with Gasteiger partial charge in [0.05, 0.1) is 6.21 Å². The SMILES string of the molecule is NC(=O)NC(=O)NN=Cc1ccc(F)cc1. The Kier molecular flexibility index (Phi) is 3.96. The third kappa shape index (κ3) is 4.18. The molecular formula is C9H9FN4O2. The minimum atomic E-state index is -0.977. The summed E-state index contributed by atoms with van der Waals surface area (Å²) in [5, 5.41) is 5.26. The number of nitrogens with two attached hydrogens (primary N) is 1. The van der Waals surface area contributed by atoms with Gasteiger partial charge in [-0.3, -0.25) is 5.32 Å². The van der Waals surface area contributed by atoms with Crippen LogP contribution in [0.25, 0.3) is 0 Å². The van der Waals surface area contributed by atoms with Crippen LogP contribution in [-0.4, -0.2) is 18.3 Å². The van der Waals surface area contributed by atoms with Gasteiger partial charge >= 0.3 is 12.1 Å². The predicted octanol–water partition coefficient (Wildman–Crippen LogP) is 0.537. The number of hydrogen-bond donors (Lipinski definition) is 3. The fraction of sp³-hybridized carbons (Fsp3) is 0. The molecule has 1 rings (SSSR count). The minimum absolute atomic E-state index is 0.364. The van der Waals surface area contributed by atoms with Crippen molar-refractivity contribution >= 4 is 18.3 Å². The number of halogens is 1. The molecule has 1 aromatic carbocycles. The summed E-state index contributed by atoms with van der Waals surface area (Å²) in [5.41, 5.74) is 7.29. The Bertz CT molecular complexity index is 416. The first-order chi connectivity index (χ1) is 7.58. The maximum Gasteiger partial charge on any atom is 0.343 e. The smallest absolute Gasteiger partial charge is 0.343 e. The van der Waals surface area contributed by atoms with Crippen molar-refractivity contribution in [1.29, 1.82) is 0 Å². The van der Waals surface area contributed by atoms with Gasteiger partial charge in [0.25, 0.3) is 0 Å². The van der Waals surface area contributed by atoms with E-state index in [1.54, 1.807) is 5.32 Å². The Morgan fingerprint density at radius 2 is 1.94 bits per heavy atom. The number of nitrogens with one attached hydrogen (secondary N) is 2. The number of benzene rings is 1. The molecule has 0 bridgehead atoms. The molecule has 16 heavy (non-hydrogen) atoms. The lowest BCUT2D eigenvalue weighted by Crippen LogP contribution is -2.40. The molecule has 6 nitrogen and oxygen atoms in total. The van der Waals surface area contributed by atoms with Crippen molar-refractivity contribution in [1.82, 2.24) is 10.7 Å². The van der Waals surface area contributed by atoms with E-state index in [0.717, 1.165) is 0 Å². The second kappa shape index (κ2) is 5.44. The summed E-state index contributed by atoms with van der Waals surface area (Å²) in [6.07, 6.45) is 1.29. The standard InChI is InChI=1S/C9H9FN4O2/c10-7-3-1-6(2-4-7)5-12-14-9(16)13-8(11)15/h1-5H,(H4,11,13,14,15,16). The lowest BCUT2D eigenvalue weighted by atomic mass is 10.2. The van der Waals surface area contributed by atoms with Crippen LogP contribution in [0.2, 0.25) is 0 Å². The number of imide groups is 1. The van der Waals surface area contributed by atoms with E-state index >= 15 is 0 Å². The van der Waals surface area contributed by atoms with Crippen molar-refractivity contribution in [2.45, 2.75) is 0 Å². The summed E-state index contributed by atoms with van der Waals surface area (Å²) in [4.78, 5) is 21.0. The molecule has 4 amide bonds. The normalized spacial score (nSPS) is 10.1. The van der Waals surface area contributed by atoms with E-state index in [1.165, 1.54) is 30.5 Å². The van der Waals surface area contributed by atoms with Crippen LogP contribution in [0.5, 0.6) is 0 Å². The largest absolute Gasteiger partial charge is 0.351 e. The number of rotatable bonds is 2. The summed E-state index contributed by atoms with van der Waals surface area (Å²) in [7, 11) is 0. The molecule has 0 fully saturated rings. The van der Waals surface area contributed by atoms with E-state index < -0.39 is 12.1 Å². The molecule has 0 aliphatic rings. The molecule has 0 aliphatic carbocycles. The first-order valence-corrected chi connectivity index (χ1v) is 4.23. The quantitative estimate of drug-likeness (QED) is 0.504. The number of primary amides is 1. The minimum Gasteiger partial charge on any atom is -0.351 e. The van der Waals surface area contributed by atoms with Crippen LogP contribution in [0.3, 0.4) is 0 Å². The lowest BCUT2D eigenvalue weighted by molar-refractivity contribution is 0.232. The van der Waals surface area contributed by atoms with Gasteiger partial charge in [0.1, 0.15) is 5.82 Å². The molecule has 0 saturated carbocycles. The molecule has 0 heterocycles. The number of carbonyl (C=O) groups excluding carboxylic acids is 2. The number of amides is 4. The van der Waals surface area contributed by atoms with Gasteiger partial charge in [-0.15, -0.1) is 0 Å². The van der Waals surface area contributed by atoms with Gasteiger partial charge in [-0.1, -0.05) is 12.1 Å². The van der Waals surface area contributed by atoms with Crippen LogP contribution < -0.4 is 16.5 Å². The molecule has 0 aromatic heterocycles. The van der Waals surface area contributed by atoms with E-state index in [4.69, 9.17) is 0 Å². The van der Waals surface area contributed by atoms with E-state index in [0.29, 0.717) is 5.56 Å². The van der Waals surface area contributed by atoms with Gasteiger partial charge in [-0.2, -0.15) is 5.10 Å². The summed E-state index contributed by atoms with van der Waals surface area (Å²) in [6, 6.07) is 3.65. The number of nitrogens with zero attached hydrogens (tertiary/aromatic N) is 1. The number of carbonyl (C=O) groups is 2. The second-order valence-electron chi connectivity index (χ2n) is 2.74. The third-order valence-electron chi connectivity index (χ3n) is 1.49. The summed E-state index contributed by atoms with van der Waals surface area (Å²) in [6.45, 7) is 0. The van der Waals surface area contributed by atoms with Crippen molar-refractivity contribution in [3.05, 3.63) is 35.6 Å². The summed E-state index contributed by atoms with van der Waals surface area (Å²) in [5.74, 6) is -0.364. The molecule has 0 aliphatic heterocycles. The van der Waals surface area contributed by atoms with Gasteiger partial charge in [0, 0.05) is 0 Å². The number of urea groups is 2. The number of hydrogen-bond acceptors (Lipinski definition) is 3. The highest BCUT2D eigenvalue weighted by Gasteiger charge is 1.99. The zero-order valence-corrected chi connectivity index (χ0v) is 8.11. The van der Waals surface area contributed by atoms with Crippen LogP contribution in [-0.2, 0) is 0 Å². The average Bonchev–Trinajstić information content (AvgIpc) is 2.20. The fourth-order valence-electron chi connectivity index (χ4n) is 0.854. The van der Waals surface area contributed by atoms with Crippen molar-refractivity contribution < 1.29 is 14.0 Å². The van der Waals surface area contributed by atoms with E-state index in [9.17, 15) is 14.0 Å². The molecule has 0 atom stereocenters. The van der Waals surface area contributed by atoms with Crippen molar-refractivity contribution in [3.63, 3.8) is 0 Å². The Hall–Kier alpha value is -2.44. The maximum atomic E-state index is 12.5. The van der Waals surface area contributed by atoms with Crippen LogP contribution in [0.1, 0.15) is 5.56 Å². The Morgan fingerprint density at radius 3 is 2.50 bits per heavy atom. The molecule has 7 heteroatoms. The highest BCUT2D eigenvalue weighted by Crippen LogP contribution is 1.99. The monoisotopic (exact) mass is 224 g/mol. The van der Waals surface area contributed by atoms with Crippen molar-refractivity contribution in [2.24, 2.45) is 10.8 Å². The van der Waals surface area contributed by atoms with Crippen LogP contribution in [0, 0.1) is 5.82 Å². The maximum absolute atomic E-state index is 12.5. The first-order valence-electron chi connectivity index (χ1n) is 4.23. The summed E-state index contributed by atoms with van der Waals surface area (Å²) >= 11 is 0. The van der Waals surface area contributed by atoms with Gasteiger partial charge < -0.3 is 5.73 Å². The highest BCUT2D eigenvalue weighted by atomic mass is 19.1. The molecule has 0 saturated heterocycles. The fourth-order valence-corrected chi connectivity index (χ4v) is 0.854. The van der Waals surface area contributed by atoms with Gasteiger partial charge in [0.2, 0.25) is 0 Å². The van der Waals surface area contributed by atoms with Gasteiger partial charge in [-0.25, -0.2) is 19.4 Å². The lowest BCUT2D eigenvalue weighted by Gasteiger charge is -1.98.